The van der Waals surface area contributed by atoms with E-state index in [1.165, 1.54) is 27.8 Å². The number of para-hydroxylation sites is 1. The summed E-state index contributed by atoms with van der Waals surface area (Å²) in [5, 5.41) is 4.28. The lowest BCUT2D eigenvalue weighted by Gasteiger charge is -2.18. The molecule has 0 aliphatic rings. The van der Waals surface area contributed by atoms with Gasteiger partial charge in [0.2, 0.25) is 0 Å². The molecule has 1 atom stereocenters. The minimum Gasteiger partial charge on any atom is -0.361 e. The summed E-state index contributed by atoms with van der Waals surface area (Å²) in [5.41, 5.74) is 5.95. The summed E-state index contributed by atoms with van der Waals surface area (Å²) in [4.78, 5) is 20.7. The van der Waals surface area contributed by atoms with Crippen molar-refractivity contribution in [1.29, 1.82) is 0 Å². The lowest BCUT2D eigenvalue weighted by molar-refractivity contribution is 0.0955. The van der Waals surface area contributed by atoms with E-state index in [9.17, 15) is 4.79 Å². The number of aromatic nitrogens is 2. The molecule has 4 nitrogen and oxygen atoms in total. The Morgan fingerprint density at radius 1 is 1.15 bits per heavy atom. The van der Waals surface area contributed by atoms with Gasteiger partial charge in [-0.3, -0.25) is 4.79 Å². The number of carbonyl (C=O) groups is 1. The fraction of sp³-hybridized carbons (Fsp3) is 0.143. The number of hydrogen-bond donors (Lipinski definition) is 2. The van der Waals surface area contributed by atoms with Gasteiger partial charge in [-0.05, 0) is 24.1 Å². The van der Waals surface area contributed by atoms with Crippen molar-refractivity contribution in [2.24, 2.45) is 0 Å². The Hall–Kier alpha value is -2.92. The third kappa shape index (κ3) is 3.13. The van der Waals surface area contributed by atoms with Gasteiger partial charge < -0.3 is 10.3 Å². The van der Waals surface area contributed by atoms with E-state index in [1.807, 2.05) is 43.5 Å². The van der Waals surface area contributed by atoms with Crippen LogP contribution in [0.2, 0.25) is 0 Å². The predicted molar refractivity (Wildman–Crippen MR) is 106 cm³/mol. The number of carbonyl (C=O) groups excluding carboxylic acids is 1. The molecule has 2 aromatic carbocycles. The van der Waals surface area contributed by atoms with E-state index in [1.54, 1.807) is 5.51 Å². The van der Waals surface area contributed by atoms with E-state index in [-0.39, 0.29) is 11.8 Å². The largest absolute Gasteiger partial charge is 0.361 e. The predicted octanol–water partition coefficient (Wildman–Crippen LogP) is 4.49. The topological polar surface area (TPSA) is 57.8 Å². The molecule has 1 amide bonds. The van der Waals surface area contributed by atoms with Crippen LogP contribution in [0.15, 0.2) is 66.3 Å². The molecule has 0 bridgehead atoms. The number of aryl methyl sites for hydroxylation is 1. The molecule has 26 heavy (non-hydrogen) atoms. The second-order valence-corrected chi connectivity index (χ2v) is 7.08. The molecule has 0 saturated heterocycles. The number of fused-ring (bicyclic) bond motifs is 1. The maximum absolute atomic E-state index is 12.5. The second kappa shape index (κ2) is 7.14. The number of hydrogen-bond acceptors (Lipinski definition) is 3. The van der Waals surface area contributed by atoms with Crippen molar-refractivity contribution < 1.29 is 4.79 Å². The maximum Gasteiger partial charge on any atom is 0.263 e. The zero-order valence-corrected chi connectivity index (χ0v) is 15.2. The summed E-state index contributed by atoms with van der Waals surface area (Å²) in [6.07, 6.45) is 2.05. The van der Waals surface area contributed by atoms with Crippen molar-refractivity contribution in [1.82, 2.24) is 15.3 Å². The van der Waals surface area contributed by atoms with Crippen LogP contribution in [0, 0.1) is 6.92 Å². The van der Waals surface area contributed by atoms with E-state index >= 15 is 0 Å². The van der Waals surface area contributed by atoms with Gasteiger partial charge in [-0.2, -0.15) is 0 Å². The summed E-state index contributed by atoms with van der Waals surface area (Å²) in [5.74, 6) is 0.00954. The third-order valence-corrected chi connectivity index (χ3v) is 5.54. The van der Waals surface area contributed by atoms with Gasteiger partial charge in [-0.1, -0.05) is 48.5 Å². The quantitative estimate of drug-likeness (QED) is 0.550. The zero-order valence-electron chi connectivity index (χ0n) is 14.4. The summed E-state index contributed by atoms with van der Waals surface area (Å²) in [7, 11) is 0. The van der Waals surface area contributed by atoms with Gasteiger partial charge in [0.15, 0.2) is 0 Å². The smallest absolute Gasteiger partial charge is 0.263 e. The number of thiazole rings is 1. The van der Waals surface area contributed by atoms with Crippen LogP contribution in [-0.4, -0.2) is 22.4 Å². The van der Waals surface area contributed by atoms with E-state index in [4.69, 9.17) is 0 Å². The molecular formula is C21H19N3OS. The van der Waals surface area contributed by atoms with Gasteiger partial charge in [-0.15, -0.1) is 11.3 Å². The molecule has 4 aromatic rings. The average Bonchev–Trinajstić information content (AvgIpc) is 3.29. The number of benzene rings is 2. The molecule has 0 radical (unpaired) electrons. The number of nitrogens with zero attached hydrogens (tertiary/aromatic N) is 1. The summed E-state index contributed by atoms with van der Waals surface area (Å²) >= 11 is 1.38. The van der Waals surface area contributed by atoms with E-state index in [0.717, 1.165) is 11.2 Å². The molecule has 2 heterocycles. The Morgan fingerprint density at radius 2 is 1.92 bits per heavy atom. The Bertz CT molecular complexity index is 1040. The lowest BCUT2D eigenvalue weighted by Crippen LogP contribution is -2.28. The highest BCUT2D eigenvalue weighted by Crippen LogP contribution is 2.30. The first-order chi connectivity index (χ1) is 12.7. The Kier molecular flexibility index (Phi) is 4.54. The van der Waals surface area contributed by atoms with Gasteiger partial charge in [-0.25, -0.2) is 4.98 Å². The second-order valence-electron chi connectivity index (χ2n) is 6.23. The molecule has 4 rings (SSSR count). The lowest BCUT2D eigenvalue weighted by atomic mass is 9.91. The van der Waals surface area contributed by atoms with Crippen LogP contribution in [0.4, 0.5) is 0 Å². The highest BCUT2D eigenvalue weighted by molar-refractivity contribution is 7.11. The molecule has 2 aromatic heterocycles. The van der Waals surface area contributed by atoms with Crippen molar-refractivity contribution in [3.05, 3.63) is 88.0 Å². The van der Waals surface area contributed by atoms with Gasteiger partial charge in [0.1, 0.15) is 4.88 Å². The Balaban J connectivity index is 1.66. The summed E-state index contributed by atoms with van der Waals surface area (Å²) in [6, 6.07) is 18.5. The summed E-state index contributed by atoms with van der Waals surface area (Å²) in [6.45, 7) is 2.39. The molecule has 0 aliphatic heterocycles. The van der Waals surface area contributed by atoms with Crippen LogP contribution in [0.25, 0.3) is 10.9 Å². The minimum absolute atomic E-state index is 0.0641. The van der Waals surface area contributed by atoms with Crippen LogP contribution in [-0.2, 0) is 0 Å². The monoisotopic (exact) mass is 361 g/mol. The SMILES string of the molecule is Cc1ncsc1C(=O)NC[C@H](c1ccccc1)c1c[nH]c2ccccc12. The molecule has 0 spiro atoms. The van der Waals surface area contributed by atoms with Crippen molar-refractivity contribution >= 4 is 28.1 Å². The van der Waals surface area contributed by atoms with E-state index in [0.29, 0.717) is 11.4 Å². The first kappa shape index (κ1) is 16.5. The standard InChI is InChI=1S/C21H19N3OS/c1-14-20(26-13-24-14)21(25)23-11-17(15-7-3-2-4-8-15)18-12-22-19-10-6-5-9-16(18)19/h2-10,12-13,17,22H,11H2,1H3,(H,23,25)/t17-/m1/s1. The van der Waals surface area contributed by atoms with Gasteiger partial charge in [0.05, 0.1) is 11.2 Å². The number of nitrogens with one attached hydrogen (secondary N) is 2. The number of aromatic amines is 1. The van der Waals surface area contributed by atoms with Crippen LogP contribution in [0.1, 0.15) is 32.4 Å². The Morgan fingerprint density at radius 3 is 2.69 bits per heavy atom. The van der Waals surface area contributed by atoms with Crippen LogP contribution in [0.5, 0.6) is 0 Å². The molecule has 130 valence electrons. The van der Waals surface area contributed by atoms with Crippen LogP contribution in [0.3, 0.4) is 0 Å². The first-order valence-electron chi connectivity index (χ1n) is 8.53. The van der Waals surface area contributed by atoms with Gasteiger partial charge in [0, 0.05) is 29.6 Å². The van der Waals surface area contributed by atoms with E-state index < -0.39 is 0 Å². The normalized spacial score (nSPS) is 12.2. The van der Waals surface area contributed by atoms with Crippen LogP contribution >= 0.6 is 11.3 Å². The summed E-state index contributed by atoms with van der Waals surface area (Å²) < 4.78 is 0. The van der Waals surface area contributed by atoms with Crippen molar-refractivity contribution in [2.75, 3.05) is 6.54 Å². The van der Waals surface area contributed by atoms with Crippen molar-refractivity contribution in [3.63, 3.8) is 0 Å². The molecule has 2 N–H and O–H groups in total. The molecule has 0 fully saturated rings. The molecule has 0 aliphatic carbocycles. The molecular weight excluding hydrogens is 342 g/mol. The molecule has 5 heteroatoms. The number of H-pyrrole nitrogens is 1. The third-order valence-electron chi connectivity index (χ3n) is 4.62. The van der Waals surface area contributed by atoms with E-state index in [2.05, 4.69) is 39.6 Å². The average molecular weight is 361 g/mol. The fourth-order valence-electron chi connectivity index (χ4n) is 3.27. The minimum atomic E-state index is -0.0641. The molecule has 0 saturated carbocycles. The van der Waals surface area contributed by atoms with Crippen LogP contribution < -0.4 is 5.32 Å². The van der Waals surface area contributed by atoms with Gasteiger partial charge in [0.25, 0.3) is 5.91 Å². The Labute approximate surface area is 155 Å². The first-order valence-corrected chi connectivity index (χ1v) is 9.41. The molecule has 0 unspecified atom stereocenters. The highest BCUT2D eigenvalue weighted by atomic mass is 32.1. The zero-order chi connectivity index (χ0) is 17.9. The number of amides is 1. The fourth-order valence-corrected chi connectivity index (χ4v) is 3.99. The number of rotatable bonds is 5. The maximum atomic E-state index is 12.5. The van der Waals surface area contributed by atoms with Crippen molar-refractivity contribution in [2.45, 2.75) is 12.8 Å². The van der Waals surface area contributed by atoms with Gasteiger partial charge >= 0.3 is 0 Å². The highest BCUT2D eigenvalue weighted by Gasteiger charge is 2.20. The van der Waals surface area contributed by atoms with Crippen molar-refractivity contribution in [3.8, 4) is 0 Å².